The molecule has 4 heteroatoms. The number of aromatic nitrogens is 2. The van der Waals surface area contributed by atoms with Crippen LogP contribution in [-0.2, 0) is 13.5 Å². The molecule has 0 aliphatic carbocycles. The molecule has 0 saturated heterocycles. The molecule has 0 fully saturated rings. The number of nitrogens with zero attached hydrogens (tertiary/aromatic N) is 2. The van der Waals surface area contributed by atoms with Gasteiger partial charge in [0.15, 0.2) is 0 Å². The van der Waals surface area contributed by atoms with E-state index >= 15 is 0 Å². The fourth-order valence-electron chi connectivity index (χ4n) is 1.66. The van der Waals surface area contributed by atoms with Gasteiger partial charge in [-0.25, -0.2) is 0 Å². The molecule has 1 heterocycles. The summed E-state index contributed by atoms with van der Waals surface area (Å²) >= 11 is 0. The van der Waals surface area contributed by atoms with Gasteiger partial charge in [0.2, 0.25) is 0 Å². The van der Waals surface area contributed by atoms with E-state index in [4.69, 9.17) is 5.84 Å². The molecule has 86 valence electrons. The Kier molecular flexibility index (Phi) is 4.29. The van der Waals surface area contributed by atoms with Gasteiger partial charge in [-0.2, -0.15) is 5.10 Å². The molecular formula is C11H22N4. The Morgan fingerprint density at radius 1 is 1.47 bits per heavy atom. The zero-order valence-corrected chi connectivity index (χ0v) is 10.1. The van der Waals surface area contributed by atoms with Crippen LogP contribution >= 0.6 is 0 Å². The van der Waals surface area contributed by atoms with Crippen molar-refractivity contribution in [2.24, 2.45) is 24.7 Å². The van der Waals surface area contributed by atoms with Crippen LogP contribution in [-0.4, -0.2) is 15.8 Å². The van der Waals surface area contributed by atoms with E-state index in [0.29, 0.717) is 17.9 Å². The van der Waals surface area contributed by atoms with Crippen molar-refractivity contribution in [3.63, 3.8) is 0 Å². The average Bonchev–Trinajstić information content (AvgIpc) is 2.59. The second-order valence-electron chi connectivity index (χ2n) is 4.56. The molecule has 3 N–H and O–H groups in total. The largest absolute Gasteiger partial charge is 0.276 e. The lowest BCUT2D eigenvalue weighted by atomic mass is 9.88. The molecule has 0 aromatic carbocycles. The SMILES string of the molecule is CC(C)C(C)C(Cc1ccn(C)n1)NN. The number of hydrogen-bond donors (Lipinski definition) is 2. The summed E-state index contributed by atoms with van der Waals surface area (Å²) in [5.74, 6) is 6.74. The number of hydrazine groups is 1. The van der Waals surface area contributed by atoms with Gasteiger partial charge in [0.05, 0.1) is 5.69 Å². The van der Waals surface area contributed by atoms with E-state index in [0.717, 1.165) is 12.1 Å². The Bertz CT molecular complexity index is 293. The van der Waals surface area contributed by atoms with Crippen LogP contribution in [0.15, 0.2) is 12.3 Å². The fourth-order valence-corrected chi connectivity index (χ4v) is 1.66. The van der Waals surface area contributed by atoms with Crippen molar-refractivity contribution >= 4 is 0 Å². The van der Waals surface area contributed by atoms with E-state index < -0.39 is 0 Å². The van der Waals surface area contributed by atoms with Crippen molar-refractivity contribution in [1.29, 1.82) is 0 Å². The highest BCUT2D eigenvalue weighted by molar-refractivity contribution is 5.01. The summed E-state index contributed by atoms with van der Waals surface area (Å²) in [5, 5.41) is 4.36. The van der Waals surface area contributed by atoms with E-state index in [1.54, 1.807) is 0 Å². The lowest BCUT2D eigenvalue weighted by Gasteiger charge is -2.25. The predicted molar refractivity (Wildman–Crippen MR) is 62.0 cm³/mol. The maximum atomic E-state index is 5.58. The van der Waals surface area contributed by atoms with Crippen molar-refractivity contribution in [2.75, 3.05) is 0 Å². The van der Waals surface area contributed by atoms with Crippen molar-refractivity contribution in [1.82, 2.24) is 15.2 Å². The maximum Gasteiger partial charge on any atom is 0.0640 e. The fraction of sp³-hybridized carbons (Fsp3) is 0.727. The second kappa shape index (κ2) is 5.28. The molecule has 0 aliphatic heterocycles. The van der Waals surface area contributed by atoms with Gasteiger partial charge in [0, 0.05) is 25.7 Å². The van der Waals surface area contributed by atoms with E-state index in [1.807, 2.05) is 24.0 Å². The van der Waals surface area contributed by atoms with Crippen LogP contribution in [0.25, 0.3) is 0 Å². The van der Waals surface area contributed by atoms with E-state index in [2.05, 4.69) is 31.3 Å². The topological polar surface area (TPSA) is 55.9 Å². The van der Waals surface area contributed by atoms with Gasteiger partial charge >= 0.3 is 0 Å². The third-order valence-electron chi connectivity index (χ3n) is 3.10. The molecule has 0 saturated carbocycles. The summed E-state index contributed by atoms with van der Waals surface area (Å²) in [5.41, 5.74) is 3.98. The van der Waals surface area contributed by atoms with Crippen LogP contribution in [0.5, 0.6) is 0 Å². The summed E-state index contributed by atoms with van der Waals surface area (Å²) in [7, 11) is 1.93. The molecular weight excluding hydrogens is 188 g/mol. The standard InChI is InChI=1S/C11H22N4/c1-8(2)9(3)11(13-12)7-10-5-6-15(4)14-10/h5-6,8-9,11,13H,7,12H2,1-4H3. The highest BCUT2D eigenvalue weighted by Gasteiger charge is 2.20. The van der Waals surface area contributed by atoms with Gasteiger partial charge in [0.1, 0.15) is 0 Å². The Balaban J connectivity index is 2.61. The van der Waals surface area contributed by atoms with Crippen LogP contribution in [0, 0.1) is 11.8 Å². The lowest BCUT2D eigenvalue weighted by molar-refractivity contribution is 0.297. The third kappa shape index (κ3) is 3.32. The monoisotopic (exact) mass is 210 g/mol. The Morgan fingerprint density at radius 2 is 2.13 bits per heavy atom. The van der Waals surface area contributed by atoms with Crippen molar-refractivity contribution in [3.05, 3.63) is 18.0 Å². The molecule has 0 spiro atoms. The summed E-state index contributed by atoms with van der Waals surface area (Å²) in [6, 6.07) is 2.33. The zero-order valence-electron chi connectivity index (χ0n) is 10.1. The second-order valence-corrected chi connectivity index (χ2v) is 4.56. The quantitative estimate of drug-likeness (QED) is 0.565. The van der Waals surface area contributed by atoms with Gasteiger partial charge in [0.25, 0.3) is 0 Å². The van der Waals surface area contributed by atoms with Crippen LogP contribution in [0.1, 0.15) is 26.5 Å². The molecule has 0 amide bonds. The highest BCUT2D eigenvalue weighted by Crippen LogP contribution is 2.16. The van der Waals surface area contributed by atoms with Gasteiger partial charge in [-0.3, -0.25) is 16.0 Å². The predicted octanol–water partition coefficient (Wildman–Crippen LogP) is 1.09. The minimum absolute atomic E-state index is 0.292. The van der Waals surface area contributed by atoms with E-state index in [-0.39, 0.29) is 0 Å². The molecule has 1 aromatic rings. The third-order valence-corrected chi connectivity index (χ3v) is 3.10. The summed E-state index contributed by atoms with van der Waals surface area (Å²) in [6.07, 6.45) is 2.85. The molecule has 2 atom stereocenters. The number of nitrogens with one attached hydrogen (secondary N) is 1. The van der Waals surface area contributed by atoms with Crippen LogP contribution < -0.4 is 11.3 Å². The number of hydrogen-bond acceptors (Lipinski definition) is 3. The Labute approximate surface area is 91.8 Å². The highest BCUT2D eigenvalue weighted by atomic mass is 15.3. The molecule has 0 bridgehead atoms. The average molecular weight is 210 g/mol. The number of aryl methyl sites for hydroxylation is 1. The van der Waals surface area contributed by atoms with Crippen LogP contribution in [0.4, 0.5) is 0 Å². The van der Waals surface area contributed by atoms with E-state index in [9.17, 15) is 0 Å². The van der Waals surface area contributed by atoms with Crippen molar-refractivity contribution in [2.45, 2.75) is 33.2 Å². The van der Waals surface area contributed by atoms with Gasteiger partial charge < -0.3 is 0 Å². The number of nitrogens with two attached hydrogens (primary N) is 1. The van der Waals surface area contributed by atoms with Gasteiger partial charge in [-0.1, -0.05) is 20.8 Å². The minimum atomic E-state index is 0.292. The molecule has 4 nitrogen and oxygen atoms in total. The first kappa shape index (κ1) is 12.2. The molecule has 1 aromatic heterocycles. The molecule has 15 heavy (non-hydrogen) atoms. The van der Waals surface area contributed by atoms with Crippen LogP contribution in [0.2, 0.25) is 0 Å². The van der Waals surface area contributed by atoms with Crippen LogP contribution in [0.3, 0.4) is 0 Å². The Hall–Kier alpha value is -0.870. The summed E-state index contributed by atoms with van der Waals surface area (Å²) < 4.78 is 1.82. The first-order valence-corrected chi connectivity index (χ1v) is 5.49. The summed E-state index contributed by atoms with van der Waals surface area (Å²) in [6.45, 7) is 6.65. The number of rotatable bonds is 5. The zero-order chi connectivity index (χ0) is 11.4. The van der Waals surface area contributed by atoms with Gasteiger partial charge in [-0.15, -0.1) is 0 Å². The first-order chi connectivity index (χ1) is 7.04. The summed E-state index contributed by atoms with van der Waals surface area (Å²) in [4.78, 5) is 0. The Morgan fingerprint density at radius 3 is 2.53 bits per heavy atom. The molecule has 0 aliphatic rings. The maximum absolute atomic E-state index is 5.58. The van der Waals surface area contributed by atoms with Gasteiger partial charge in [-0.05, 0) is 17.9 Å². The van der Waals surface area contributed by atoms with Crippen molar-refractivity contribution in [3.8, 4) is 0 Å². The molecule has 0 radical (unpaired) electrons. The lowest BCUT2D eigenvalue weighted by Crippen LogP contribution is -2.43. The van der Waals surface area contributed by atoms with Crippen molar-refractivity contribution < 1.29 is 0 Å². The molecule has 2 unspecified atom stereocenters. The normalized spacial score (nSPS) is 15.6. The minimum Gasteiger partial charge on any atom is -0.276 e. The van der Waals surface area contributed by atoms with E-state index in [1.165, 1.54) is 0 Å². The smallest absolute Gasteiger partial charge is 0.0640 e. The molecule has 1 rings (SSSR count). The first-order valence-electron chi connectivity index (χ1n) is 5.49.